The van der Waals surface area contributed by atoms with E-state index in [9.17, 15) is 0 Å². The van der Waals surface area contributed by atoms with Crippen molar-refractivity contribution in [2.24, 2.45) is 0 Å². The van der Waals surface area contributed by atoms with Crippen LogP contribution in [0.1, 0.15) is 50.4 Å². The topological polar surface area (TPSA) is 29.9 Å². The lowest BCUT2D eigenvalue weighted by Gasteiger charge is -2.16. The molecule has 0 saturated carbocycles. The SMILES string of the molecule is CCCNC(CCC)c1ccn(Cc2ccccn2)c1. The van der Waals surface area contributed by atoms with Crippen molar-refractivity contribution in [2.75, 3.05) is 6.54 Å². The fourth-order valence-electron chi connectivity index (χ4n) is 2.44. The van der Waals surface area contributed by atoms with E-state index in [0.29, 0.717) is 6.04 Å². The lowest BCUT2D eigenvalue weighted by Crippen LogP contribution is -2.21. The van der Waals surface area contributed by atoms with Crippen molar-refractivity contribution in [2.45, 2.75) is 45.7 Å². The average Bonchev–Trinajstić information content (AvgIpc) is 2.93. The summed E-state index contributed by atoms with van der Waals surface area (Å²) in [5.74, 6) is 0. The summed E-state index contributed by atoms with van der Waals surface area (Å²) < 4.78 is 2.22. The van der Waals surface area contributed by atoms with E-state index < -0.39 is 0 Å². The van der Waals surface area contributed by atoms with Gasteiger partial charge in [0.05, 0.1) is 12.2 Å². The van der Waals surface area contributed by atoms with Gasteiger partial charge in [0.25, 0.3) is 0 Å². The third-order valence-corrected chi connectivity index (χ3v) is 3.46. The standard InChI is InChI=1S/C17H25N3/c1-3-7-17(19-10-4-2)15-9-12-20(13-15)14-16-8-5-6-11-18-16/h5-6,8-9,11-13,17,19H,3-4,7,10,14H2,1-2H3. The molecule has 1 N–H and O–H groups in total. The summed E-state index contributed by atoms with van der Waals surface area (Å²) in [6, 6.07) is 8.76. The normalized spacial score (nSPS) is 12.5. The Morgan fingerprint density at radius 2 is 2.10 bits per heavy atom. The van der Waals surface area contributed by atoms with Crippen molar-refractivity contribution in [1.82, 2.24) is 14.9 Å². The Hall–Kier alpha value is -1.61. The molecule has 2 aromatic heterocycles. The molecule has 3 heteroatoms. The van der Waals surface area contributed by atoms with Crippen LogP contribution in [0.15, 0.2) is 42.9 Å². The Kier molecular flexibility index (Phi) is 5.81. The molecule has 1 atom stereocenters. The van der Waals surface area contributed by atoms with Crippen molar-refractivity contribution < 1.29 is 0 Å². The fraction of sp³-hybridized carbons (Fsp3) is 0.471. The van der Waals surface area contributed by atoms with E-state index in [4.69, 9.17) is 0 Å². The molecule has 0 fully saturated rings. The Balaban J connectivity index is 2.02. The lowest BCUT2D eigenvalue weighted by atomic mass is 10.1. The zero-order valence-electron chi connectivity index (χ0n) is 12.5. The van der Waals surface area contributed by atoms with Gasteiger partial charge < -0.3 is 9.88 Å². The summed E-state index contributed by atoms with van der Waals surface area (Å²) in [7, 11) is 0. The highest BCUT2D eigenvalue weighted by Gasteiger charge is 2.10. The minimum Gasteiger partial charge on any atom is -0.348 e. The number of hydrogen-bond donors (Lipinski definition) is 1. The average molecular weight is 271 g/mol. The first-order chi connectivity index (χ1) is 9.83. The second kappa shape index (κ2) is 7.85. The Labute approximate surface area is 122 Å². The number of aromatic nitrogens is 2. The predicted molar refractivity (Wildman–Crippen MR) is 83.7 cm³/mol. The maximum Gasteiger partial charge on any atom is 0.0642 e. The Morgan fingerprint density at radius 1 is 1.20 bits per heavy atom. The monoisotopic (exact) mass is 271 g/mol. The third kappa shape index (κ3) is 4.20. The highest BCUT2D eigenvalue weighted by molar-refractivity contribution is 5.17. The van der Waals surface area contributed by atoms with E-state index in [1.54, 1.807) is 0 Å². The summed E-state index contributed by atoms with van der Waals surface area (Å²) in [6.45, 7) is 6.37. The molecule has 0 aromatic carbocycles. The zero-order valence-corrected chi connectivity index (χ0v) is 12.5. The minimum absolute atomic E-state index is 0.477. The zero-order chi connectivity index (χ0) is 14.2. The molecule has 20 heavy (non-hydrogen) atoms. The summed E-state index contributed by atoms with van der Waals surface area (Å²) in [6.07, 6.45) is 9.82. The van der Waals surface area contributed by atoms with Crippen molar-refractivity contribution in [1.29, 1.82) is 0 Å². The van der Waals surface area contributed by atoms with Gasteiger partial charge >= 0.3 is 0 Å². The molecule has 1 unspecified atom stereocenters. The molecule has 0 amide bonds. The van der Waals surface area contributed by atoms with Crippen LogP contribution in [-0.2, 0) is 6.54 Å². The van der Waals surface area contributed by atoms with Crippen LogP contribution >= 0.6 is 0 Å². The number of nitrogens with one attached hydrogen (secondary N) is 1. The molecule has 2 heterocycles. The van der Waals surface area contributed by atoms with Gasteiger partial charge in [0.1, 0.15) is 0 Å². The van der Waals surface area contributed by atoms with Gasteiger partial charge in [0.2, 0.25) is 0 Å². The predicted octanol–water partition coefficient (Wildman–Crippen LogP) is 3.77. The van der Waals surface area contributed by atoms with Crippen LogP contribution in [0.3, 0.4) is 0 Å². The molecule has 0 spiro atoms. The molecule has 0 aliphatic carbocycles. The maximum absolute atomic E-state index is 4.38. The molecular formula is C17H25N3. The van der Waals surface area contributed by atoms with Gasteiger partial charge in [-0.3, -0.25) is 4.98 Å². The first kappa shape index (κ1) is 14.8. The van der Waals surface area contributed by atoms with Crippen molar-refractivity contribution in [3.05, 3.63) is 54.1 Å². The fourth-order valence-corrected chi connectivity index (χ4v) is 2.44. The van der Waals surface area contributed by atoms with Gasteiger partial charge in [0, 0.05) is 24.6 Å². The van der Waals surface area contributed by atoms with Gasteiger partial charge in [-0.15, -0.1) is 0 Å². The van der Waals surface area contributed by atoms with Gasteiger partial charge in [-0.1, -0.05) is 26.3 Å². The van der Waals surface area contributed by atoms with Crippen molar-refractivity contribution in [3.8, 4) is 0 Å². The van der Waals surface area contributed by atoms with Crippen LogP contribution in [0.4, 0.5) is 0 Å². The molecule has 0 bridgehead atoms. The first-order valence-corrected chi connectivity index (χ1v) is 7.62. The van der Waals surface area contributed by atoms with E-state index >= 15 is 0 Å². The van der Waals surface area contributed by atoms with Crippen molar-refractivity contribution >= 4 is 0 Å². The molecule has 3 nitrogen and oxygen atoms in total. The van der Waals surface area contributed by atoms with Gasteiger partial charge in [-0.2, -0.15) is 0 Å². The number of nitrogens with zero attached hydrogens (tertiary/aromatic N) is 2. The minimum atomic E-state index is 0.477. The first-order valence-electron chi connectivity index (χ1n) is 7.62. The number of pyridine rings is 1. The largest absolute Gasteiger partial charge is 0.348 e. The van der Waals surface area contributed by atoms with Crippen molar-refractivity contribution in [3.63, 3.8) is 0 Å². The van der Waals surface area contributed by atoms with Gasteiger partial charge in [0.15, 0.2) is 0 Å². The molecule has 0 saturated heterocycles. The summed E-state index contributed by atoms with van der Waals surface area (Å²) in [4.78, 5) is 4.38. The number of hydrogen-bond acceptors (Lipinski definition) is 2. The second-order valence-corrected chi connectivity index (χ2v) is 5.23. The van der Waals surface area contributed by atoms with E-state index in [1.165, 1.54) is 24.8 Å². The second-order valence-electron chi connectivity index (χ2n) is 5.23. The van der Waals surface area contributed by atoms with Crippen LogP contribution in [0.2, 0.25) is 0 Å². The van der Waals surface area contributed by atoms with Gasteiger partial charge in [-0.25, -0.2) is 0 Å². The lowest BCUT2D eigenvalue weighted by molar-refractivity contribution is 0.493. The summed E-state index contributed by atoms with van der Waals surface area (Å²) in [5, 5.41) is 3.63. The van der Waals surface area contributed by atoms with Crippen LogP contribution in [0, 0.1) is 0 Å². The van der Waals surface area contributed by atoms with Crippen LogP contribution in [0.5, 0.6) is 0 Å². The van der Waals surface area contributed by atoms with E-state index in [2.05, 4.69) is 53.2 Å². The van der Waals surface area contributed by atoms with Crippen LogP contribution in [-0.4, -0.2) is 16.1 Å². The summed E-state index contributed by atoms with van der Waals surface area (Å²) >= 11 is 0. The maximum atomic E-state index is 4.38. The molecule has 2 aromatic rings. The molecule has 2 rings (SSSR count). The molecule has 0 radical (unpaired) electrons. The quantitative estimate of drug-likeness (QED) is 0.792. The highest BCUT2D eigenvalue weighted by Crippen LogP contribution is 2.19. The Morgan fingerprint density at radius 3 is 2.80 bits per heavy atom. The molecular weight excluding hydrogens is 246 g/mol. The van der Waals surface area contributed by atoms with E-state index in [1.807, 2.05) is 18.3 Å². The molecule has 0 aliphatic heterocycles. The summed E-state index contributed by atoms with van der Waals surface area (Å²) in [5.41, 5.74) is 2.49. The van der Waals surface area contributed by atoms with Gasteiger partial charge in [-0.05, 0) is 43.1 Å². The smallest absolute Gasteiger partial charge is 0.0642 e. The highest BCUT2D eigenvalue weighted by atomic mass is 15.0. The third-order valence-electron chi connectivity index (χ3n) is 3.46. The van der Waals surface area contributed by atoms with E-state index in [0.717, 1.165) is 18.8 Å². The Bertz CT molecular complexity index is 490. The van der Waals surface area contributed by atoms with E-state index in [-0.39, 0.29) is 0 Å². The van der Waals surface area contributed by atoms with Crippen LogP contribution in [0.25, 0.3) is 0 Å². The molecule has 108 valence electrons. The van der Waals surface area contributed by atoms with Crippen LogP contribution < -0.4 is 5.32 Å². The number of rotatable bonds is 8. The molecule has 0 aliphatic rings.